The van der Waals surface area contributed by atoms with Crippen LogP contribution >= 0.6 is 0 Å². The van der Waals surface area contributed by atoms with Gasteiger partial charge in [-0.1, -0.05) is 115 Å². The van der Waals surface area contributed by atoms with Crippen molar-refractivity contribution in [1.29, 1.82) is 0 Å². The molecule has 0 aliphatic carbocycles. The average Bonchev–Trinajstić information content (AvgIpc) is 3.21. The zero-order valence-corrected chi connectivity index (χ0v) is 18.4. The summed E-state index contributed by atoms with van der Waals surface area (Å²) in [5.41, 5.74) is -3.55. The minimum atomic E-state index is -0.920. The summed E-state index contributed by atoms with van der Waals surface area (Å²) in [4.78, 5) is 0. The molecule has 0 saturated heterocycles. The van der Waals surface area contributed by atoms with Crippen LogP contribution in [-0.2, 0) is 0 Å². The lowest BCUT2D eigenvalue weighted by molar-refractivity contribution is 0.487. The van der Waals surface area contributed by atoms with E-state index in [-0.39, 0.29) is 5.39 Å². The molecule has 0 saturated carbocycles. The largest absolute Gasteiger partial charge is 0.456 e. The number of rotatable bonds is 2. The Kier molecular flexibility index (Phi) is 1.76. The van der Waals surface area contributed by atoms with E-state index in [2.05, 4.69) is 0 Å². The first kappa shape index (κ1) is 8.33. The molecule has 7 aromatic carbocycles. The Hall–Kier alpha value is -4.88. The maximum atomic E-state index is 9.71. The van der Waals surface area contributed by atoms with Gasteiger partial charge in [-0.3, -0.25) is 0 Å². The molecular weight excluding hydrogens is 448 g/mol. The minimum absolute atomic E-state index is 0.304. The van der Waals surface area contributed by atoms with Gasteiger partial charge in [0.05, 0.1) is 30.2 Å². The third-order valence-corrected chi connectivity index (χ3v) is 6.07. The topological polar surface area (TPSA) is 9.23 Å². The van der Waals surface area contributed by atoms with Gasteiger partial charge in [-0.15, -0.1) is 0 Å². The van der Waals surface area contributed by atoms with Gasteiger partial charge >= 0.3 is 0 Å². The van der Waals surface area contributed by atoms with E-state index in [1.54, 1.807) is 0 Å². The molecular formula is C36H22O. The highest BCUT2D eigenvalue weighted by Gasteiger charge is 2.22. The van der Waals surface area contributed by atoms with Gasteiger partial charge in [-0.2, -0.15) is 0 Å². The van der Waals surface area contributed by atoms with Crippen LogP contribution in [0.1, 0.15) is 30.2 Å². The number of fused-ring (bicyclic) bond motifs is 4. The smallest absolute Gasteiger partial charge is 0.135 e. The van der Waals surface area contributed by atoms with Crippen LogP contribution in [0, 0.1) is 0 Å². The molecule has 1 nitrogen and oxygen atoms in total. The number of hydrogen-bond acceptors (Lipinski definition) is 1. The highest BCUT2D eigenvalue weighted by atomic mass is 16.5. The SMILES string of the molecule is [2H]c1c([2H])c([2H])c(-c2c3c([2H])c([2H])c([2H])c([2H])c3c(-c3c([2H])c([2H])c4c(c3[2H])-c3c([2H])c([2H])c([2H])c5c([2H])c([2H])c([2H])c(c35)O4)c3c([2H])c([2H])c([2H])c([2H])c23)c([2H])c1[2H]. The lowest BCUT2D eigenvalue weighted by atomic mass is 9.85. The van der Waals surface area contributed by atoms with Crippen LogP contribution in [0.5, 0.6) is 11.5 Å². The summed E-state index contributed by atoms with van der Waals surface area (Å²) in [5, 5.41) is -3.21. The number of hydrogen-bond donors (Lipinski definition) is 0. The van der Waals surface area contributed by atoms with Crippen molar-refractivity contribution in [3.8, 4) is 44.9 Å². The van der Waals surface area contributed by atoms with E-state index >= 15 is 0 Å². The molecule has 0 amide bonds. The summed E-state index contributed by atoms with van der Waals surface area (Å²) >= 11 is 0. The molecule has 1 aliphatic rings. The molecule has 0 N–H and O–H groups in total. The van der Waals surface area contributed by atoms with E-state index in [4.69, 9.17) is 28.0 Å². The second-order valence-corrected chi connectivity index (χ2v) is 8.01. The monoisotopic (exact) mass is 492 g/mol. The van der Waals surface area contributed by atoms with E-state index in [1.165, 1.54) is 0 Å². The molecule has 0 fully saturated rings. The molecule has 0 unspecified atom stereocenters. The molecule has 1 aliphatic heterocycles. The molecule has 37 heavy (non-hydrogen) atoms. The second kappa shape index (κ2) is 7.81. The average molecular weight is 493 g/mol. The maximum absolute atomic E-state index is 9.71. The van der Waals surface area contributed by atoms with Crippen molar-refractivity contribution in [2.45, 2.75) is 0 Å². The molecule has 1 heteroatoms. The van der Waals surface area contributed by atoms with Crippen LogP contribution in [0.4, 0.5) is 0 Å². The summed E-state index contributed by atoms with van der Waals surface area (Å²) in [7, 11) is 0. The molecule has 0 spiro atoms. The normalized spacial score (nSPS) is 20.3. The molecule has 0 aromatic heterocycles. The molecule has 172 valence electrons. The van der Waals surface area contributed by atoms with Crippen molar-refractivity contribution in [3.63, 3.8) is 0 Å². The fraction of sp³-hybridized carbons (Fsp3) is 0. The first-order valence-corrected chi connectivity index (χ1v) is 10.9. The lowest BCUT2D eigenvalue weighted by Gasteiger charge is -2.23. The zero-order valence-electron chi connectivity index (χ0n) is 40.4. The Morgan fingerprint density at radius 3 is 1.70 bits per heavy atom. The summed E-state index contributed by atoms with van der Waals surface area (Å²) < 4.78 is 200. The third-order valence-electron chi connectivity index (χ3n) is 6.07. The first-order chi connectivity index (χ1) is 27.5. The van der Waals surface area contributed by atoms with Crippen molar-refractivity contribution in [2.24, 2.45) is 0 Å². The minimum Gasteiger partial charge on any atom is -0.456 e. The summed E-state index contributed by atoms with van der Waals surface area (Å²) in [6.45, 7) is 0. The van der Waals surface area contributed by atoms with Gasteiger partial charge in [0, 0.05) is 10.9 Å². The van der Waals surface area contributed by atoms with Gasteiger partial charge in [0.2, 0.25) is 0 Å². The van der Waals surface area contributed by atoms with Gasteiger partial charge in [0.1, 0.15) is 11.5 Å². The predicted octanol–water partition coefficient (Wildman–Crippen LogP) is 10.3. The van der Waals surface area contributed by atoms with Crippen LogP contribution in [0.25, 0.3) is 65.7 Å². The molecule has 0 radical (unpaired) electrons. The van der Waals surface area contributed by atoms with E-state index in [9.17, 15) is 6.85 Å². The Bertz CT molecular complexity index is 3090. The number of benzene rings is 7. The van der Waals surface area contributed by atoms with Crippen molar-refractivity contribution >= 4 is 32.3 Å². The zero-order chi connectivity index (χ0) is 43.5. The Balaban J connectivity index is 1.73. The Morgan fingerprint density at radius 2 is 1.03 bits per heavy atom. The van der Waals surface area contributed by atoms with Gasteiger partial charge in [-0.05, 0) is 72.9 Å². The summed E-state index contributed by atoms with van der Waals surface area (Å²) in [6, 6.07) is -18.5. The van der Waals surface area contributed by atoms with Crippen molar-refractivity contribution in [2.75, 3.05) is 0 Å². The van der Waals surface area contributed by atoms with Gasteiger partial charge in [-0.25, -0.2) is 0 Å². The van der Waals surface area contributed by atoms with Crippen molar-refractivity contribution in [3.05, 3.63) is 133 Å². The van der Waals surface area contributed by atoms with Gasteiger partial charge in [0.15, 0.2) is 0 Å². The van der Waals surface area contributed by atoms with Gasteiger partial charge in [0.25, 0.3) is 0 Å². The Morgan fingerprint density at radius 1 is 0.432 bits per heavy atom. The van der Waals surface area contributed by atoms with Crippen molar-refractivity contribution < 1.29 is 34.9 Å². The molecule has 0 bridgehead atoms. The Labute approximate surface area is 246 Å². The molecule has 7 aromatic rings. The van der Waals surface area contributed by atoms with Crippen LogP contribution < -0.4 is 4.74 Å². The summed E-state index contributed by atoms with van der Waals surface area (Å²) in [5.74, 6) is -1.12. The van der Waals surface area contributed by atoms with Crippen LogP contribution in [-0.4, -0.2) is 0 Å². The van der Waals surface area contributed by atoms with E-state index in [0.717, 1.165) is 0 Å². The molecule has 8 rings (SSSR count). The number of ether oxygens (including phenoxy) is 1. The highest BCUT2D eigenvalue weighted by molar-refractivity contribution is 6.21. The fourth-order valence-corrected chi connectivity index (χ4v) is 4.58. The van der Waals surface area contributed by atoms with E-state index in [1.807, 2.05) is 0 Å². The van der Waals surface area contributed by atoms with Crippen LogP contribution in [0.3, 0.4) is 0 Å². The van der Waals surface area contributed by atoms with Crippen LogP contribution in [0.2, 0.25) is 0 Å². The predicted molar refractivity (Wildman–Crippen MR) is 155 cm³/mol. The van der Waals surface area contributed by atoms with Crippen molar-refractivity contribution in [1.82, 2.24) is 0 Å². The standard InChI is InChI=1S/C36H22O/c1-2-10-23(11-3-1)34-26-14-4-6-16-28(26)35(29-17-7-5-15-27(29)34)25-20-21-32-31(22-25)30-18-8-12-24-13-9-19-33(37-32)36(24)30/h1-22H/i1D,2D,3D,4D,5D,6D,7D,8D,9D,10D,11D,12D,13D,14D,15D,16D,17D,18D,19D,20D,21D,22D. The fourth-order valence-electron chi connectivity index (χ4n) is 4.58. The summed E-state index contributed by atoms with van der Waals surface area (Å²) in [6.07, 6.45) is 0. The molecule has 1 heterocycles. The third kappa shape index (κ3) is 2.98. The second-order valence-electron chi connectivity index (χ2n) is 8.01. The van der Waals surface area contributed by atoms with Gasteiger partial charge < -0.3 is 4.74 Å². The highest BCUT2D eigenvalue weighted by Crippen LogP contribution is 2.49. The lowest BCUT2D eigenvalue weighted by Crippen LogP contribution is -1.97. The van der Waals surface area contributed by atoms with E-state index < -0.39 is 205 Å². The first-order valence-electron chi connectivity index (χ1n) is 21.9. The van der Waals surface area contributed by atoms with Crippen LogP contribution in [0.15, 0.2) is 133 Å². The maximum Gasteiger partial charge on any atom is 0.135 e. The molecule has 0 atom stereocenters. The quantitative estimate of drug-likeness (QED) is 0.218. The van der Waals surface area contributed by atoms with E-state index in [0.29, 0.717) is 0 Å².